The second kappa shape index (κ2) is 2.62. The van der Waals surface area contributed by atoms with E-state index in [1.807, 2.05) is 0 Å². The fourth-order valence-corrected chi connectivity index (χ4v) is 2.17. The third kappa shape index (κ3) is 1.58. The second-order valence-electron chi connectivity index (χ2n) is 2.21. The standard InChI is InChI=1S/C5H11O4P/c1-3-8-10(6,7)5-4(2)9-5/h4-5H,3H2,1-2H3,(H,6,7)/t4-,5+/m1/s1. The molecule has 0 saturated carbocycles. The van der Waals surface area contributed by atoms with Crippen molar-refractivity contribution in [3.05, 3.63) is 0 Å². The van der Waals surface area contributed by atoms with E-state index in [1.54, 1.807) is 13.8 Å². The quantitative estimate of drug-likeness (QED) is 0.501. The molecule has 1 fully saturated rings. The first kappa shape index (κ1) is 8.21. The van der Waals surface area contributed by atoms with Gasteiger partial charge in [0.1, 0.15) is 0 Å². The van der Waals surface area contributed by atoms with Crippen LogP contribution in [0.15, 0.2) is 0 Å². The predicted octanol–water partition coefficient (Wildman–Crippen LogP) is 0.953. The van der Waals surface area contributed by atoms with Crippen molar-refractivity contribution in [1.29, 1.82) is 0 Å². The molecular formula is C5H11O4P. The molecule has 1 rings (SSSR count). The Balaban J connectivity index is 2.44. The monoisotopic (exact) mass is 166 g/mol. The lowest BCUT2D eigenvalue weighted by molar-refractivity contribution is 0.257. The fraction of sp³-hybridized carbons (Fsp3) is 1.00. The molecule has 0 aromatic rings. The smallest absolute Gasteiger partial charge is 0.356 e. The van der Waals surface area contributed by atoms with Gasteiger partial charge in [-0.25, -0.2) is 0 Å². The molecule has 0 bridgehead atoms. The van der Waals surface area contributed by atoms with Gasteiger partial charge in [0.2, 0.25) is 0 Å². The minimum Gasteiger partial charge on any atom is -0.356 e. The van der Waals surface area contributed by atoms with Gasteiger partial charge in [-0.3, -0.25) is 4.57 Å². The number of epoxide rings is 1. The first-order valence-electron chi connectivity index (χ1n) is 3.20. The van der Waals surface area contributed by atoms with Crippen LogP contribution in [0.2, 0.25) is 0 Å². The Morgan fingerprint density at radius 2 is 2.30 bits per heavy atom. The summed E-state index contributed by atoms with van der Waals surface area (Å²) in [7, 11) is -3.43. The van der Waals surface area contributed by atoms with Crippen LogP contribution in [0, 0.1) is 0 Å². The Bertz CT molecular complexity index is 169. The summed E-state index contributed by atoms with van der Waals surface area (Å²) in [5.41, 5.74) is 0. The summed E-state index contributed by atoms with van der Waals surface area (Å²) in [4.78, 5) is 9.03. The molecule has 1 aliphatic rings. The van der Waals surface area contributed by atoms with Crippen molar-refractivity contribution >= 4 is 7.60 Å². The third-order valence-corrected chi connectivity index (χ3v) is 3.13. The van der Waals surface area contributed by atoms with Crippen LogP contribution < -0.4 is 0 Å². The van der Waals surface area contributed by atoms with E-state index in [0.29, 0.717) is 0 Å². The van der Waals surface area contributed by atoms with E-state index in [4.69, 9.17) is 9.63 Å². The van der Waals surface area contributed by atoms with Crippen molar-refractivity contribution in [3.63, 3.8) is 0 Å². The Morgan fingerprint density at radius 3 is 2.60 bits per heavy atom. The highest BCUT2D eigenvalue weighted by Crippen LogP contribution is 2.56. The number of hydrogen-bond donors (Lipinski definition) is 1. The van der Waals surface area contributed by atoms with Crippen LogP contribution in [0.25, 0.3) is 0 Å². The predicted molar refractivity (Wildman–Crippen MR) is 35.8 cm³/mol. The molecule has 10 heavy (non-hydrogen) atoms. The second-order valence-corrected chi connectivity index (χ2v) is 4.11. The van der Waals surface area contributed by atoms with Gasteiger partial charge >= 0.3 is 7.60 Å². The molecule has 0 spiro atoms. The van der Waals surface area contributed by atoms with Crippen LogP contribution >= 0.6 is 7.60 Å². The van der Waals surface area contributed by atoms with Crippen LogP contribution in [0.3, 0.4) is 0 Å². The first-order valence-corrected chi connectivity index (χ1v) is 4.85. The van der Waals surface area contributed by atoms with Crippen molar-refractivity contribution in [1.82, 2.24) is 0 Å². The molecule has 0 aromatic carbocycles. The maximum absolute atomic E-state index is 11.0. The molecule has 0 aromatic heterocycles. The normalized spacial score (nSPS) is 37.1. The van der Waals surface area contributed by atoms with Crippen LogP contribution in [-0.4, -0.2) is 23.4 Å². The molecule has 1 saturated heterocycles. The highest BCUT2D eigenvalue weighted by molar-refractivity contribution is 7.53. The van der Waals surface area contributed by atoms with Crippen molar-refractivity contribution in [3.8, 4) is 0 Å². The average Bonchev–Trinajstić information content (AvgIpc) is 2.46. The molecule has 1 unspecified atom stereocenters. The van der Waals surface area contributed by atoms with Gasteiger partial charge in [0, 0.05) is 0 Å². The van der Waals surface area contributed by atoms with Gasteiger partial charge in [-0.1, -0.05) is 0 Å². The largest absolute Gasteiger partial charge is 0.359 e. The van der Waals surface area contributed by atoms with Crippen molar-refractivity contribution in [2.75, 3.05) is 6.61 Å². The molecule has 4 nitrogen and oxygen atoms in total. The zero-order valence-electron chi connectivity index (χ0n) is 5.98. The SMILES string of the molecule is CCOP(=O)(O)[C@@H]1O[C@@H]1C. The number of ether oxygens (including phenoxy) is 1. The van der Waals surface area contributed by atoms with Crippen LogP contribution in [0.4, 0.5) is 0 Å². The summed E-state index contributed by atoms with van der Waals surface area (Å²) in [5, 5.41) is 0. The maximum atomic E-state index is 11.0. The van der Waals surface area contributed by atoms with Crippen LogP contribution in [0.1, 0.15) is 13.8 Å². The van der Waals surface area contributed by atoms with Crippen LogP contribution in [-0.2, 0) is 13.8 Å². The zero-order valence-corrected chi connectivity index (χ0v) is 6.88. The molecule has 0 amide bonds. The summed E-state index contributed by atoms with van der Waals surface area (Å²) in [6.45, 7) is 3.67. The van der Waals surface area contributed by atoms with Crippen molar-refractivity contribution in [2.24, 2.45) is 0 Å². The molecule has 5 heteroatoms. The van der Waals surface area contributed by atoms with E-state index in [2.05, 4.69) is 4.52 Å². The van der Waals surface area contributed by atoms with Gasteiger partial charge in [-0.2, -0.15) is 0 Å². The number of rotatable bonds is 3. The maximum Gasteiger partial charge on any atom is 0.359 e. The van der Waals surface area contributed by atoms with E-state index in [9.17, 15) is 4.57 Å². The molecule has 0 radical (unpaired) electrons. The Labute approximate surface area is 59.7 Å². The lowest BCUT2D eigenvalue weighted by atomic mass is 10.6. The zero-order chi connectivity index (χ0) is 7.78. The molecular weight excluding hydrogens is 155 g/mol. The molecule has 3 atom stereocenters. The molecule has 1 aliphatic heterocycles. The summed E-state index contributed by atoms with van der Waals surface area (Å²) in [6.07, 6.45) is -0.123. The van der Waals surface area contributed by atoms with E-state index in [-0.39, 0.29) is 12.7 Å². The van der Waals surface area contributed by atoms with Gasteiger partial charge in [0.15, 0.2) is 5.85 Å². The minimum atomic E-state index is -3.43. The van der Waals surface area contributed by atoms with Crippen molar-refractivity contribution < 1.29 is 18.7 Å². The molecule has 0 aliphatic carbocycles. The summed E-state index contributed by atoms with van der Waals surface area (Å²) in [6, 6.07) is 0. The van der Waals surface area contributed by atoms with Gasteiger partial charge in [-0.05, 0) is 13.8 Å². The highest BCUT2D eigenvalue weighted by Gasteiger charge is 2.50. The van der Waals surface area contributed by atoms with Gasteiger partial charge < -0.3 is 14.2 Å². The van der Waals surface area contributed by atoms with E-state index in [1.165, 1.54) is 0 Å². The molecule has 1 heterocycles. The van der Waals surface area contributed by atoms with Gasteiger partial charge in [0.25, 0.3) is 0 Å². The Hall–Kier alpha value is 0.110. The van der Waals surface area contributed by atoms with E-state index >= 15 is 0 Å². The Kier molecular flexibility index (Phi) is 2.15. The van der Waals surface area contributed by atoms with E-state index in [0.717, 1.165) is 0 Å². The molecule has 1 N–H and O–H groups in total. The summed E-state index contributed by atoms with van der Waals surface area (Å²) >= 11 is 0. The average molecular weight is 166 g/mol. The number of hydrogen-bond acceptors (Lipinski definition) is 3. The van der Waals surface area contributed by atoms with E-state index < -0.39 is 13.4 Å². The lowest BCUT2D eigenvalue weighted by Gasteiger charge is -2.05. The van der Waals surface area contributed by atoms with Gasteiger partial charge in [0.05, 0.1) is 12.7 Å². The minimum absolute atomic E-state index is 0.123. The van der Waals surface area contributed by atoms with Crippen LogP contribution in [0.5, 0.6) is 0 Å². The first-order chi connectivity index (χ1) is 4.58. The van der Waals surface area contributed by atoms with Crippen molar-refractivity contribution in [2.45, 2.75) is 25.8 Å². The highest BCUT2D eigenvalue weighted by atomic mass is 31.2. The Morgan fingerprint density at radius 1 is 1.80 bits per heavy atom. The lowest BCUT2D eigenvalue weighted by Crippen LogP contribution is -1.96. The van der Waals surface area contributed by atoms with Gasteiger partial charge in [-0.15, -0.1) is 0 Å². The summed E-state index contributed by atoms with van der Waals surface area (Å²) < 4.78 is 20.4. The fourth-order valence-electron chi connectivity index (χ4n) is 0.775. The topological polar surface area (TPSA) is 59.1 Å². The summed E-state index contributed by atoms with van der Waals surface area (Å²) in [5.74, 6) is -0.576. The molecule has 60 valence electrons. The third-order valence-electron chi connectivity index (χ3n) is 1.31.